The fourth-order valence-electron chi connectivity index (χ4n) is 1.53. The van der Waals surface area contributed by atoms with Crippen molar-refractivity contribution < 1.29 is 9.53 Å². The van der Waals surface area contributed by atoms with Crippen LogP contribution in [-0.4, -0.2) is 36.1 Å². The van der Waals surface area contributed by atoms with E-state index in [4.69, 9.17) is 18.0 Å². The van der Waals surface area contributed by atoms with Crippen LogP contribution in [0.5, 0.6) is 0 Å². The molecule has 0 saturated carbocycles. The lowest BCUT2D eigenvalue weighted by atomic mass is 10.2. The van der Waals surface area contributed by atoms with Crippen LogP contribution in [0.2, 0.25) is 0 Å². The lowest BCUT2D eigenvalue weighted by molar-refractivity contribution is -0.138. The molecule has 0 aliphatic heterocycles. The van der Waals surface area contributed by atoms with Gasteiger partial charge in [0.2, 0.25) is 0 Å². The van der Waals surface area contributed by atoms with Crippen molar-refractivity contribution in [3.05, 3.63) is 23.4 Å². The second kappa shape index (κ2) is 6.30. The molecule has 1 rings (SSSR count). The zero-order chi connectivity index (χ0) is 13.7. The van der Waals surface area contributed by atoms with Gasteiger partial charge in [0.1, 0.15) is 17.4 Å². The maximum Gasteiger partial charge on any atom is 0.325 e. The molecule has 0 unspecified atom stereocenters. The molecule has 18 heavy (non-hydrogen) atoms. The third-order valence-corrected chi connectivity index (χ3v) is 2.71. The van der Waals surface area contributed by atoms with E-state index in [-0.39, 0.29) is 12.5 Å². The van der Waals surface area contributed by atoms with Gasteiger partial charge in [-0.25, -0.2) is 4.98 Å². The van der Waals surface area contributed by atoms with Gasteiger partial charge in [0.15, 0.2) is 0 Å². The molecule has 0 atom stereocenters. The van der Waals surface area contributed by atoms with Crippen molar-refractivity contribution in [1.29, 1.82) is 0 Å². The minimum absolute atomic E-state index is 0.153. The Bertz CT molecular complexity index is 463. The summed E-state index contributed by atoms with van der Waals surface area (Å²) in [7, 11) is 1.36. The Morgan fingerprint density at radius 2 is 2.22 bits per heavy atom. The Hall–Kier alpha value is -1.69. The topological polar surface area (TPSA) is 68.5 Å². The van der Waals surface area contributed by atoms with Crippen molar-refractivity contribution in [3.63, 3.8) is 0 Å². The number of ether oxygens (including phenoxy) is 1. The van der Waals surface area contributed by atoms with E-state index in [1.807, 2.05) is 19.9 Å². The van der Waals surface area contributed by atoms with Gasteiger partial charge in [-0.05, 0) is 26.0 Å². The molecule has 0 saturated heterocycles. The normalized spacial score (nSPS) is 9.94. The molecule has 0 amide bonds. The number of aryl methyl sites for hydroxylation is 1. The number of thiocarbonyl (C=S) groups is 1. The van der Waals surface area contributed by atoms with Crippen molar-refractivity contribution >= 4 is 29.0 Å². The van der Waals surface area contributed by atoms with Gasteiger partial charge in [-0.2, -0.15) is 0 Å². The molecule has 1 aromatic heterocycles. The molecule has 0 aliphatic rings. The second-order valence-electron chi connectivity index (χ2n) is 3.81. The predicted octanol–water partition coefficient (Wildman–Crippen LogP) is 1.02. The van der Waals surface area contributed by atoms with Gasteiger partial charge in [-0.3, -0.25) is 4.79 Å². The number of carbonyl (C=O) groups is 1. The van der Waals surface area contributed by atoms with Crippen molar-refractivity contribution in [2.24, 2.45) is 5.73 Å². The fraction of sp³-hybridized carbons (Fsp3) is 0.417. The maximum absolute atomic E-state index is 11.3. The molecular weight excluding hydrogens is 250 g/mol. The van der Waals surface area contributed by atoms with E-state index in [1.165, 1.54) is 7.11 Å². The number of likely N-dealkylation sites (N-methyl/N-ethyl adjacent to an activating group) is 1. The number of esters is 1. The summed E-state index contributed by atoms with van der Waals surface area (Å²) in [6.07, 6.45) is 0. The van der Waals surface area contributed by atoms with Crippen LogP contribution in [0.25, 0.3) is 0 Å². The molecule has 0 radical (unpaired) electrons. The summed E-state index contributed by atoms with van der Waals surface area (Å²) in [4.78, 5) is 17.8. The number of hydrogen-bond acceptors (Lipinski definition) is 5. The van der Waals surface area contributed by atoms with Crippen molar-refractivity contribution in [2.45, 2.75) is 13.8 Å². The van der Waals surface area contributed by atoms with Gasteiger partial charge in [-0.1, -0.05) is 12.2 Å². The van der Waals surface area contributed by atoms with Crippen molar-refractivity contribution in [1.82, 2.24) is 4.98 Å². The van der Waals surface area contributed by atoms with Crippen LogP contribution in [0, 0.1) is 6.92 Å². The van der Waals surface area contributed by atoms with E-state index in [9.17, 15) is 4.79 Å². The van der Waals surface area contributed by atoms with Gasteiger partial charge in [0.05, 0.1) is 7.11 Å². The van der Waals surface area contributed by atoms with E-state index in [0.717, 1.165) is 11.3 Å². The highest BCUT2D eigenvalue weighted by molar-refractivity contribution is 7.80. The van der Waals surface area contributed by atoms with Gasteiger partial charge in [-0.15, -0.1) is 0 Å². The van der Waals surface area contributed by atoms with E-state index in [2.05, 4.69) is 9.72 Å². The number of rotatable bonds is 5. The summed E-state index contributed by atoms with van der Waals surface area (Å²) < 4.78 is 4.65. The molecule has 1 aromatic rings. The number of aromatic nitrogens is 1. The van der Waals surface area contributed by atoms with E-state index >= 15 is 0 Å². The number of carbonyl (C=O) groups excluding carboxylic acids is 1. The molecule has 5 nitrogen and oxygen atoms in total. The Morgan fingerprint density at radius 1 is 1.56 bits per heavy atom. The first-order valence-corrected chi connectivity index (χ1v) is 5.99. The summed E-state index contributed by atoms with van der Waals surface area (Å²) in [5.74, 6) is 0.364. The smallest absolute Gasteiger partial charge is 0.325 e. The number of nitrogens with two attached hydrogens (primary N) is 1. The average Bonchev–Trinajstić information content (AvgIpc) is 2.34. The SMILES string of the molecule is CCN(CC(=O)OC)c1cc(C(N)=S)cc(C)n1. The monoisotopic (exact) mass is 267 g/mol. The molecule has 2 N–H and O–H groups in total. The van der Waals surface area contributed by atoms with Crippen LogP contribution in [0.15, 0.2) is 12.1 Å². The van der Waals surface area contributed by atoms with E-state index < -0.39 is 0 Å². The van der Waals surface area contributed by atoms with Crippen molar-refractivity contribution in [3.8, 4) is 0 Å². The molecule has 0 aliphatic carbocycles. The molecule has 0 spiro atoms. The minimum Gasteiger partial charge on any atom is -0.468 e. The van der Waals surface area contributed by atoms with Crippen LogP contribution < -0.4 is 10.6 Å². The summed E-state index contributed by atoms with van der Waals surface area (Å²) >= 11 is 4.95. The molecule has 98 valence electrons. The van der Waals surface area contributed by atoms with E-state index in [0.29, 0.717) is 17.4 Å². The van der Waals surface area contributed by atoms with Crippen LogP contribution in [0.4, 0.5) is 5.82 Å². The molecule has 0 fully saturated rings. The van der Waals surface area contributed by atoms with Gasteiger partial charge in [0.25, 0.3) is 0 Å². The zero-order valence-corrected chi connectivity index (χ0v) is 11.6. The third kappa shape index (κ3) is 3.66. The van der Waals surface area contributed by atoms with Crippen LogP contribution in [0.3, 0.4) is 0 Å². The summed E-state index contributed by atoms with van der Waals surface area (Å²) in [6.45, 7) is 4.59. The molecular formula is C12H17N3O2S. The lowest BCUT2D eigenvalue weighted by Crippen LogP contribution is -2.31. The highest BCUT2D eigenvalue weighted by atomic mass is 32.1. The Morgan fingerprint density at radius 3 is 2.72 bits per heavy atom. The summed E-state index contributed by atoms with van der Waals surface area (Å²) in [6, 6.07) is 3.60. The highest BCUT2D eigenvalue weighted by Gasteiger charge is 2.13. The van der Waals surface area contributed by atoms with Gasteiger partial charge >= 0.3 is 5.97 Å². The molecule has 6 heteroatoms. The Labute approximate surface area is 112 Å². The molecule has 0 bridgehead atoms. The first-order valence-electron chi connectivity index (χ1n) is 5.58. The average molecular weight is 267 g/mol. The van der Waals surface area contributed by atoms with Crippen LogP contribution in [-0.2, 0) is 9.53 Å². The number of pyridine rings is 1. The van der Waals surface area contributed by atoms with Crippen LogP contribution in [0.1, 0.15) is 18.2 Å². The zero-order valence-electron chi connectivity index (χ0n) is 10.8. The Balaban J connectivity index is 3.05. The summed E-state index contributed by atoms with van der Waals surface area (Å²) in [5, 5.41) is 0. The third-order valence-electron chi connectivity index (χ3n) is 2.48. The fourth-order valence-corrected chi connectivity index (χ4v) is 1.65. The standard InChI is InChI=1S/C12H17N3O2S/c1-4-15(7-11(16)17-3)10-6-9(12(13)18)5-8(2)14-10/h5-6H,4,7H2,1-3H3,(H2,13,18). The minimum atomic E-state index is -0.308. The number of methoxy groups -OCH3 is 1. The maximum atomic E-state index is 11.3. The number of hydrogen-bond donors (Lipinski definition) is 1. The largest absolute Gasteiger partial charge is 0.468 e. The molecule has 0 aromatic carbocycles. The van der Waals surface area contributed by atoms with Crippen molar-refractivity contribution in [2.75, 3.05) is 25.1 Å². The van der Waals surface area contributed by atoms with Crippen LogP contribution >= 0.6 is 12.2 Å². The number of nitrogens with zero attached hydrogens (tertiary/aromatic N) is 2. The second-order valence-corrected chi connectivity index (χ2v) is 4.25. The quantitative estimate of drug-likeness (QED) is 0.634. The summed E-state index contributed by atoms with van der Waals surface area (Å²) in [5.41, 5.74) is 7.16. The Kier molecular flexibility index (Phi) is 5.03. The predicted molar refractivity (Wildman–Crippen MR) is 74.8 cm³/mol. The van der Waals surface area contributed by atoms with Gasteiger partial charge in [0, 0.05) is 17.8 Å². The molecule has 1 heterocycles. The first kappa shape index (κ1) is 14.4. The number of anilines is 1. The first-order chi connectivity index (χ1) is 8.47. The highest BCUT2D eigenvalue weighted by Crippen LogP contribution is 2.15. The lowest BCUT2D eigenvalue weighted by Gasteiger charge is -2.21. The van der Waals surface area contributed by atoms with E-state index in [1.54, 1.807) is 11.0 Å². The van der Waals surface area contributed by atoms with Gasteiger partial charge < -0.3 is 15.4 Å².